The Morgan fingerprint density at radius 1 is 1.25 bits per heavy atom. The average molecular weight is 375 g/mol. The van der Waals surface area contributed by atoms with Gasteiger partial charge in [-0.2, -0.15) is 4.72 Å². The van der Waals surface area contributed by atoms with Crippen molar-refractivity contribution >= 4 is 33.5 Å². The summed E-state index contributed by atoms with van der Waals surface area (Å²) in [6.45, 7) is 1.44. The molecule has 9 heteroatoms. The molecule has 0 aromatic heterocycles. The second-order valence-corrected chi connectivity index (χ2v) is 8.00. The molecule has 1 aromatic rings. The van der Waals surface area contributed by atoms with E-state index in [1.54, 1.807) is 0 Å². The van der Waals surface area contributed by atoms with E-state index in [2.05, 4.69) is 10.0 Å². The third-order valence-electron chi connectivity index (χ3n) is 3.98. The molecule has 2 rings (SSSR count). The second-order valence-electron chi connectivity index (χ2n) is 5.85. The standard InChI is InChI=1S/C15H19ClN2O5S/c1-9(14(19)17-12-5-2-10(8-12)15(20)21)18-24(22,23)13-6-3-11(16)4-7-13/h3-4,6-7,9-10,12,18H,2,5,8H2,1H3,(H,17,19)(H,20,21)/t9?,10-,12+/m1/s1. The van der Waals surface area contributed by atoms with Gasteiger partial charge in [-0.3, -0.25) is 9.59 Å². The summed E-state index contributed by atoms with van der Waals surface area (Å²) >= 11 is 5.73. The first-order valence-electron chi connectivity index (χ1n) is 7.50. The molecule has 7 nitrogen and oxygen atoms in total. The fraction of sp³-hybridized carbons (Fsp3) is 0.467. The lowest BCUT2D eigenvalue weighted by Gasteiger charge is -2.18. The van der Waals surface area contributed by atoms with Crippen molar-refractivity contribution in [3.63, 3.8) is 0 Å². The van der Waals surface area contributed by atoms with Crippen LogP contribution >= 0.6 is 11.6 Å². The number of carboxylic acids is 1. The molecule has 0 saturated heterocycles. The molecule has 0 radical (unpaired) electrons. The lowest BCUT2D eigenvalue weighted by molar-refractivity contribution is -0.141. The molecule has 1 amide bonds. The van der Waals surface area contributed by atoms with Crippen LogP contribution in [0.15, 0.2) is 29.2 Å². The summed E-state index contributed by atoms with van der Waals surface area (Å²) in [6, 6.07) is 4.38. The van der Waals surface area contributed by atoms with Gasteiger partial charge in [-0.15, -0.1) is 0 Å². The van der Waals surface area contributed by atoms with Crippen molar-refractivity contribution in [3.05, 3.63) is 29.3 Å². The van der Waals surface area contributed by atoms with Crippen LogP contribution in [0.5, 0.6) is 0 Å². The molecule has 1 fully saturated rings. The molecule has 1 aromatic carbocycles. The van der Waals surface area contributed by atoms with Gasteiger partial charge in [0.1, 0.15) is 0 Å². The predicted octanol–water partition coefficient (Wildman–Crippen LogP) is 1.38. The Morgan fingerprint density at radius 2 is 1.88 bits per heavy atom. The molecule has 0 bridgehead atoms. The smallest absolute Gasteiger partial charge is 0.306 e. The molecule has 3 atom stereocenters. The maximum absolute atomic E-state index is 12.2. The molecule has 1 unspecified atom stereocenters. The number of hydrogen-bond acceptors (Lipinski definition) is 4. The topological polar surface area (TPSA) is 113 Å². The van der Waals surface area contributed by atoms with Crippen molar-refractivity contribution in [2.45, 2.75) is 43.2 Å². The van der Waals surface area contributed by atoms with Gasteiger partial charge in [0.05, 0.1) is 16.9 Å². The molecule has 0 aliphatic heterocycles. The van der Waals surface area contributed by atoms with Crippen LogP contribution in [0, 0.1) is 5.92 Å². The van der Waals surface area contributed by atoms with Crippen molar-refractivity contribution in [3.8, 4) is 0 Å². The van der Waals surface area contributed by atoms with Gasteiger partial charge in [-0.25, -0.2) is 8.42 Å². The Bertz CT molecular complexity index is 720. The number of benzene rings is 1. The highest BCUT2D eigenvalue weighted by molar-refractivity contribution is 7.89. The zero-order chi connectivity index (χ0) is 17.9. The molecule has 1 aliphatic carbocycles. The van der Waals surface area contributed by atoms with Crippen LogP contribution in [-0.2, 0) is 19.6 Å². The molecule has 1 aliphatic rings. The highest BCUT2D eigenvalue weighted by Gasteiger charge is 2.32. The summed E-state index contributed by atoms with van der Waals surface area (Å²) in [6.07, 6.45) is 1.43. The number of hydrogen-bond donors (Lipinski definition) is 3. The number of carboxylic acid groups (broad SMARTS) is 1. The highest BCUT2D eigenvalue weighted by atomic mass is 35.5. The first-order chi connectivity index (χ1) is 11.2. The summed E-state index contributed by atoms with van der Waals surface area (Å²) in [4.78, 5) is 23.1. The van der Waals surface area contributed by atoms with Gasteiger partial charge < -0.3 is 10.4 Å². The molecular weight excluding hydrogens is 356 g/mol. The van der Waals surface area contributed by atoms with E-state index in [1.165, 1.54) is 31.2 Å². The van der Waals surface area contributed by atoms with Crippen molar-refractivity contribution in [1.82, 2.24) is 10.0 Å². The Morgan fingerprint density at radius 3 is 2.42 bits per heavy atom. The Balaban J connectivity index is 1.94. The molecule has 0 heterocycles. The van der Waals surface area contributed by atoms with Crippen LogP contribution in [0.1, 0.15) is 26.2 Å². The van der Waals surface area contributed by atoms with E-state index in [1.807, 2.05) is 0 Å². The molecule has 1 saturated carbocycles. The van der Waals surface area contributed by atoms with Gasteiger partial charge in [0.15, 0.2) is 0 Å². The van der Waals surface area contributed by atoms with Gasteiger partial charge in [0.25, 0.3) is 0 Å². The Hall–Kier alpha value is -1.64. The van der Waals surface area contributed by atoms with Crippen LogP contribution in [0.2, 0.25) is 5.02 Å². The van der Waals surface area contributed by atoms with E-state index in [-0.39, 0.29) is 10.9 Å². The minimum atomic E-state index is -3.84. The van der Waals surface area contributed by atoms with E-state index in [4.69, 9.17) is 16.7 Å². The summed E-state index contributed by atoms with van der Waals surface area (Å²) in [5.74, 6) is -1.82. The maximum atomic E-state index is 12.2. The monoisotopic (exact) mass is 374 g/mol. The van der Waals surface area contributed by atoms with Crippen LogP contribution in [-0.4, -0.2) is 37.5 Å². The predicted molar refractivity (Wildman–Crippen MR) is 88.1 cm³/mol. The van der Waals surface area contributed by atoms with Crippen molar-refractivity contribution in [2.75, 3.05) is 0 Å². The normalized spacial score (nSPS) is 22.1. The third-order valence-corrected chi connectivity index (χ3v) is 5.79. The SMILES string of the molecule is CC(NS(=O)(=O)c1ccc(Cl)cc1)C(=O)N[C@H]1CC[C@@H](C(=O)O)C1. The van der Waals surface area contributed by atoms with Gasteiger partial charge in [0.2, 0.25) is 15.9 Å². The molecule has 24 heavy (non-hydrogen) atoms. The Kier molecular flexibility index (Phi) is 5.84. The first kappa shape index (κ1) is 18.7. The highest BCUT2D eigenvalue weighted by Crippen LogP contribution is 2.25. The second kappa shape index (κ2) is 7.50. The van der Waals surface area contributed by atoms with E-state index >= 15 is 0 Å². The molecule has 0 spiro atoms. The first-order valence-corrected chi connectivity index (χ1v) is 9.36. The van der Waals surface area contributed by atoms with Gasteiger partial charge in [0, 0.05) is 11.1 Å². The number of halogens is 1. The van der Waals surface area contributed by atoms with Gasteiger partial charge >= 0.3 is 5.97 Å². The van der Waals surface area contributed by atoms with E-state index in [0.29, 0.717) is 24.3 Å². The average Bonchev–Trinajstić information content (AvgIpc) is 2.96. The zero-order valence-corrected chi connectivity index (χ0v) is 14.6. The largest absolute Gasteiger partial charge is 0.481 e. The van der Waals surface area contributed by atoms with Crippen LogP contribution in [0.25, 0.3) is 0 Å². The lowest BCUT2D eigenvalue weighted by atomic mass is 10.1. The van der Waals surface area contributed by atoms with Crippen molar-refractivity contribution in [1.29, 1.82) is 0 Å². The van der Waals surface area contributed by atoms with Crippen LogP contribution < -0.4 is 10.0 Å². The number of aliphatic carboxylic acids is 1. The van der Waals surface area contributed by atoms with E-state index < -0.39 is 33.9 Å². The quantitative estimate of drug-likeness (QED) is 0.696. The zero-order valence-electron chi connectivity index (χ0n) is 13.0. The summed E-state index contributed by atoms with van der Waals surface area (Å²) in [7, 11) is -3.84. The lowest BCUT2D eigenvalue weighted by Crippen LogP contribution is -2.47. The molecule has 3 N–H and O–H groups in total. The number of carbonyl (C=O) groups excluding carboxylic acids is 1. The minimum Gasteiger partial charge on any atom is -0.481 e. The number of nitrogens with one attached hydrogen (secondary N) is 2. The minimum absolute atomic E-state index is 0.0124. The van der Waals surface area contributed by atoms with Crippen LogP contribution in [0.4, 0.5) is 0 Å². The number of carbonyl (C=O) groups is 2. The van der Waals surface area contributed by atoms with Crippen molar-refractivity contribution in [2.24, 2.45) is 5.92 Å². The summed E-state index contributed by atoms with van der Waals surface area (Å²) in [5.41, 5.74) is 0. The maximum Gasteiger partial charge on any atom is 0.306 e. The van der Waals surface area contributed by atoms with Crippen LogP contribution in [0.3, 0.4) is 0 Å². The van der Waals surface area contributed by atoms with Crippen molar-refractivity contribution < 1.29 is 23.1 Å². The number of amides is 1. The van der Waals surface area contributed by atoms with E-state index in [0.717, 1.165) is 0 Å². The summed E-state index contributed by atoms with van der Waals surface area (Å²) in [5, 5.41) is 12.1. The molecular formula is C15H19ClN2O5S. The third kappa shape index (κ3) is 4.68. The fourth-order valence-electron chi connectivity index (χ4n) is 2.63. The number of rotatable bonds is 6. The summed E-state index contributed by atoms with van der Waals surface area (Å²) < 4.78 is 26.8. The molecule has 132 valence electrons. The fourth-order valence-corrected chi connectivity index (χ4v) is 3.96. The Labute approximate surface area is 145 Å². The number of sulfonamides is 1. The van der Waals surface area contributed by atoms with Gasteiger partial charge in [-0.05, 0) is 50.5 Å². The van der Waals surface area contributed by atoms with Gasteiger partial charge in [-0.1, -0.05) is 11.6 Å². The van der Waals surface area contributed by atoms with E-state index in [9.17, 15) is 18.0 Å².